The molecule has 0 saturated carbocycles. The first kappa shape index (κ1) is 16.3. The van der Waals surface area contributed by atoms with E-state index < -0.39 is 0 Å². The monoisotopic (exact) mass is 431 g/mol. The fourth-order valence-electron chi connectivity index (χ4n) is 1.95. The van der Waals surface area contributed by atoms with E-state index in [-0.39, 0.29) is 5.91 Å². The molecule has 2 rings (SSSR count). The highest BCUT2D eigenvalue weighted by Gasteiger charge is 2.16. The zero-order chi connectivity index (χ0) is 15.6. The smallest absolute Gasteiger partial charge is 0.259 e. The zero-order valence-corrected chi connectivity index (χ0v) is 15.3. The molecule has 0 heterocycles. The van der Waals surface area contributed by atoms with Gasteiger partial charge in [0.1, 0.15) is 5.75 Å². The number of aryl methyl sites for hydroxylation is 1. The highest BCUT2D eigenvalue weighted by Crippen LogP contribution is 2.30. The molecule has 0 bridgehead atoms. The summed E-state index contributed by atoms with van der Waals surface area (Å²) in [6.07, 6.45) is 0. The van der Waals surface area contributed by atoms with E-state index >= 15 is 0 Å². The van der Waals surface area contributed by atoms with Gasteiger partial charge >= 0.3 is 0 Å². The lowest BCUT2D eigenvalue weighted by Gasteiger charge is -2.13. The van der Waals surface area contributed by atoms with Gasteiger partial charge in [0, 0.05) is 8.95 Å². The zero-order valence-electron chi connectivity index (χ0n) is 11.3. The Hall–Kier alpha value is -1.04. The van der Waals surface area contributed by atoms with Crippen LogP contribution in [0.2, 0.25) is 5.02 Å². The first-order chi connectivity index (χ1) is 9.92. The van der Waals surface area contributed by atoms with E-state index in [0.717, 1.165) is 14.5 Å². The standard InChI is InChI=1S/C15H12Br2ClNO2/c1-8-5-10(17)6-11(14(8)21-2)15(20)19-13-4-3-9(16)7-12(13)18/h3-7H,1-2H3,(H,19,20). The Kier molecular flexibility index (Phi) is 5.30. The molecular formula is C15H12Br2ClNO2. The number of hydrogen-bond acceptors (Lipinski definition) is 2. The molecule has 3 nitrogen and oxygen atoms in total. The Morgan fingerprint density at radius 1 is 1.19 bits per heavy atom. The van der Waals surface area contributed by atoms with E-state index in [9.17, 15) is 4.79 Å². The largest absolute Gasteiger partial charge is 0.496 e. The predicted octanol–water partition coefficient (Wildman–Crippen LogP) is 5.43. The number of amides is 1. The van der Waals surface area contributed by atoms with Crippen molar-refractivity contribution >= 4 is 55.1 Å². The number of halogens is 3. The van der Waals surface area contributed by atoms with Crippen LogP contribution in [0, 0.1) is 6.92 Å². The molecule has 21 heavy (non-hydrogen) atoms. The van der Waals surface area contributed by atoms with Crippen LogP contribution in [0.1, 0.15) is 15.9 Å². The molecule has 0 aliphatic rings. The minimum atomic E-state index is -0.277. The first-order valence-electron chi connectivity index (χ1n) is 6.03. The minimum absolute atomic E-state index is 0.277. The van der Waals surface area contributed by atoms with Crippen molar-refractivity contribution in [1.29, 1.82) is 0 Å². The number of ether oxygens (including phenoxy) is 1. The summed E-state index contributed by atoms with van der Waals surface area (Å²) in [6.45, 7) is 1.88. The number of carbonyl (C=O) groups is 1. The van der Waals surface area contributed by atoms with E-state index in [0.29, 0.717) is 22.0 Å². The predicted molar refractivity (Wildman–Crippen MR) is 92.5 cm³/mol. The average molecular weight is 434 g/mol. The van der Waals surface area contributed by atoms with Crippen molar-refractivity contribution < 1.29 is 9.53 Å². The van der Waals surface area contributed by atoms with Gasteiger partial charge in [-0.3, -0.25) is 4.79 Å². The maximum absolute atomic E-state index is 12.5. The van der Waals surface area contributed by atoms with Crippen molar-refractivity contribution in [2.75, 3.05) is 12.4 Å². The lowest BCUT2D eigenvalue weighted by molar-refractivity contribution is 0.102. The van der Waals surface area contributed by atoms with E-state index in [2.05, 4.69) is 37.2 Å². The van der Waals surface area contributed by atoms with Gasteiger partial charge in [-0.1, -0.05) is 43.5 Å². The number of carbonyl (C=O) groups excluding carboxylic acids is 1. The molecule has 0 fully saturated rings. The third-order valence-electron chi connectivity index (χ3n) is 2.87. The number of anilines is 1. The van der Waals surface area contributed by atoms with Gasteiger partial charge in [-0.05, 0) is 42.8 Å². The minimum Gasteiger partial charge on any atom is -0.496 e. The van der Waals surface area contributed by atoms with Crippen LogP contribution in [0.25, 0.3) is 0 Å². The Labute approximate surface area is 144 Å². The molecule has 0 aliphatic carbocycles. The topological polar surface area (TPSA) is 38.3 Å². The van der Waals surface area contributed by atoms with Crippen molar-refractivity contribution in [2.24, 2.45) is 0 Å². The summed E-state index contributed by atoms with van der Waals surface area (Å²) in [4.78, 5) is 12.5. The summed E-state index contributed by atoms with van der Waals surface area (Å²) in [7, 11) is 1.54. The van der Waals surface area contributed by atoms with Crippen LogP contribution in [0.15, 0.2) is 39.3 Å². The van der Waals surface area contributed by atoms with Crippen LogP contribution in [0.4, 0.5) is 5.69 Å². The lowest BCUT2D eigenvalue weighted by atomic mass is 10.1. The molecule has 0 saturated heterocycles. The van der Waals surface area contributed by atoms with Gasteiger partial charge in [-0.15, -0.1) is 0 Å². The normalized spacial score (nSPS) is 10.3. The molecule has 1 amide bonds. The molecule has 0 aromatic heterocycles. The number of nitrogens with one attached hydrogen (secondary N) is 1. The van der Waals surface area contributed by atoms with Crippen molar-refractivity contribution in [3.05, 3.63) is 55.4 Å². The SMILES string of the molecule is COc1c(C)cc(Br)cc1C(=O)Nc1ccc(Br)cc1Cl. The number of hydrogen-bond donors (Lipinski definition) is 1. The van der Waals surface area contributed by atoms with Crippen molar-refractivity contribution in [3.8, 4) is 5.75 Å². The molecule has 0 aliphatic heterocycles. The van der Waals surface area contributed by atoms with Gasteiger partial charge in [0.25, 0.3) is 5.91 Å². The molecule has 0 spiro atoms. The molecule has 110 valence electrons. The fraction of sp³-hybridized carbons (Fsp3) is 0.133. The molecule has 2 aromatic rings. The molecule has 2 aromatic carbocycles. The molecule has 0 unspecified atom stereocenters. The van der Waals surface area contributed by atoms with Gasteiger partial charge in [0.05, 0.1) is 23.4 Å². The summed E-state index contributed by atoms with van der Waals surface area (Å²) in [5.41, 5.74) is 1.87. The number of methoxy groups -OCH3 is 1. The lowest BCUT2D eigenvalue weighted by Crippen LogP contribution is -2.14. The van der Waals surface area contributed by atoms with Gasteiger partial charge in [0.15, 0.2) is 0 Å². The van der Waals surface area contributed by atoms with Crippen LogP contribution >= 0.6 is 43.5 Å². The highest BCUT2D eigenvalue weighted by molar-refractivity contribution is 9.10. The van der Waals surface area contributed by atoms with Crippen LogP contribution in [0.5, 0.6) is 5.75 Å². The first-order valence-corrected chi connectivity index (χ1v) is 7.99. The van der Waals surface area contributed by atoms with E-state index in [1.165, 1.54) is 0 Å². The Balaban J connectivity index is 2.36. The Bertz CT molecular complexity index is 704. The summed E-state index contributed by atoms with van der Waals surface area (Å²) < 4.78 is 6.98. The summed E-state index contributed by atoms with van der Waals surface area (Å²) in [5.74, 6) is 0.268. The van der Waals surface area contributed by atoms with Crippen molar-refractivity contribution in [1.82, 2.24) is 0 Å². The van der Waals surface area contributed by atoms with E-state index in [1.807, 2.05) is 19.1 Å². The van der Waals surface area contributed by atoms with E-state index in [4.69, 9.17) is 16.3 Å². The third kappa shape index (κ3) is 3.78. The second-order valence-corrected chi connectivity index (χ2v) is 6.62. The molecule has 0 atom stereocenters. The third-order valence-corrected chi connectivity index (χ3v) is 4.13. The van der Waals surface area contributed by atoms with Gasteiger partial charge in [-0.2, -0.15) is 0 Å². The highest BCUT2D eigenvalue weighted by atomic mass is 79.9. The van der Waals surface area contributed by atoms with Gasteiger partial charge in [-0.25, -0.2) is 0 Å². The molecular weight excluding hydrogens is 421 g/mol. The maximum Gasteiger partial charge on any atom is 0.259 e. The second-order valence-electron chi connectivity index (χ2n) is 4.38. The van der Waals surface area contributed by atoms with Crippen LogP contribution in [-0.2, 0) is 0 Å². The van der Waals surface area contributed by atoms with Crippen molar-refractivity contribution in [3.63, 3.8) is 0 Å². The summed E-state index contributed by atoms with van der Waals surface area (Å²) in [6, 6.07) is 8.88. The number of rotatable bonds is 3. The number of benzene rings is 2. The Morgan fingerprint density at radius 2 is 1.90 bits per heavy atom. The van der Waals surface area contributed by atoms with Crippen LogP contribution in [-0.4, -0.2) is 13.0 Å². The summed E-state index contributed by atoms with van der Waals surface area (Å²) >= 11 is 12.8. The summed E-state index contributed by atoms with van der Waals surface area (Å²) in [5, 5.41) is 3.25. The molecule has 6 heteroatoms. The van der Waals surface area contributed by atoms with E-state index in [1.54, 1.807) is 25.3 Å². The van der Waals surface area contributed by atoms with Gasteiger partial charge < -0.3 is 10.1 Å². The second kappa shape index (κ2) is 6.81. The van der Waals surface area contributed by atoms with Crippen molar-refractivity contribution in [2.45, 2.75) is 6.92 Å². The quantitative estimate of drug-likeness (QED) is 0.701. The Morgan fingerprint density at radius 3 is 2.52 bits per heavy atom. The van der Waals surface area contributed by atoms with Gasteiger partial charge in [0.2, 0.25) is 0 Å². The average Bonchev–Trinajstić information content (AvgIpc) is 2.41. The van der Waals surface area contributed by atoms with Crippen LogP contribution in [0.3, 0.4) is 0 Å². The molecule has 1 N–H and O–H groups in total. The molecule has 0 radical (unpaired) electrons. The van der Waals surface area contributed by atoms with Crippen LogP contribution < -0.4 is 10.1 Å². The fourth-order valence-corrected chi connectivity index (χ4v) is 3.24. The maximum atomic E-state index is 12.5.